The van der Waals surface area contributed by atoms with Gasteiger partial charge in [-0.25, -0.2) is 8.42 Å². The fourth-order valence-corrected chi connectivity index (χ4v) is 3.56. The van der Waals surface area contributed by atoms with Crippen molar-refractivity contribution in [3.8, 4) is 11.1 Å². The van der Waals surface area contributed by atoms with Gasteiger partial charge in [0.1, 0.15) is 10.6 Å². The Hall–Kier alpha value is -3.26. The van der Waals surface area contributed by atoms with Gasteiger partial charge in [-0.05, 0) is 34.9 Å². The van der Waals surface area contributed by atoms with Crippen LogP contribution < -0.4 is 5.32 Å². The second-order valence-electron chi connectivity index (χ2n) is 5.97. The molecule has 0 saturated carbocycles. The first-order valence-electron chi connectivity index (χ1n) is 8.07. The van der Waals surface area contributed by atoms with E-state index in [0.717, 1.165) is 22.9 Å². The van der Waals surface area contributed by atoms with Crippen molar-refractivity contribution in [2.24, 2.45) is 0 Å². The Bertz CT molecular complexity index is 1070. The lowest BCUT2D eigenvalue weighted by Gasteiger charge is -2.10. The lowest BCUT2D eigenvalue weighted by Crippen LogP contribution is -2.07. The van der Waals surface area contributed by atoms with Gasteiger partial charge in [0.25, 0.3) is 0 Å². The molecule has 0 bridgehead atoms. The molecule has 1 heterocycles. The van der Waals surface area contributed by atoms with Crippen molar-refractivity contribution in [3.63, 3.8) is 0 Å². The SMILES string of the molecule is CS(=O)(=O)c1cccc(NCc2ccc(-c3cccnc3)cc2)c1[N+](=O)[O-]. The Morgan fingerprint density at radius 1 is 1.04 bits per heavy atom. The van der Waals surface area contributed by atoms with E-state index in [2.05, 4.69) is 10.3 Å². The van der Waals surface area contributed by atoms with Gasteiger partial charge in [0.05, 0.1) is 4.92 Å². The van der Waals surface area contributed by atoms with Crippen LogP contribution in [0.5, 0.6) is 0 Å². The Morgan fingerprint density at radius 3 is 2.37 bits per heavy atom. The third-order valence-electron chi connectivity index (χ3n) is 4.01. The standard InChI is InChI=1S/C19H17N3O4S/c1-27(25,26)18-6-2-5-17(19(18)22(23)24)21-12-14-7-9-15(10-8-14)16-4-3-11-20-13-16/h2-11,13,21H,12H2,1H3. The summed E-state index contributed by atoms with van der Waals surface area (Å²) in [6.07, 6.45) is 4.43. The van der Waals surface area contributed by atoms with E-state index in [1.54, 1.807) is 12.4 Å². The highest BCUT2D eigenvalue weighted by Crippen LogP contribution is 2.32. The molecule has 0 aliphatic rings. The van der Waals surface area contributed by atoms with Crippen LogP contribution in [0.25, 0.3) is 11.1 Å². The zero-order valence-corrected chi connectivity index (χ0v) is 15.3. The molecular formula is C19H17N3O4S. The minimum atomic E-state index is -3.71. The largest absolute Gasteiger partial charge is 0.375 e. The van der Waals surface area contributed by atoms with Crippen LogP contribution in [0, 0.1) is 10.1 Å². The van der Waals surface area contributed by atoms with Crippen molar-refractivity contribution in [3.05, 3.63) is 82.7 Å². The van der Waals surface area contributed by atoms with E-state index in [0.29, 0.717) is 6.54 Å². The van der Waals surface area contributed by atoms with Gasteiger partial charge in [0.15, 0.2) is 9.84 Å². The Labute approximate surface area is 156 Å². The summed E-state index contributed by atoms with van der Waals surface area (Å²) in [6, 6.07) is 15.7. The highest BCUT2D eigenvalue weighted by atomic mass is 32.2. The lowest BCUT2D eigenvalue weighted by molar-refractivity contribution is -0.386. The van der Waals surface area contributed by atoms with Crippen LogP contribution in [0.4, 0.5) is 11.4 Å². The molecule has 3 rings (SSSR count). The van der Waals surface area contributed by atoms with Gasteiger partial charge >= 0.3 is 5.69 Å². The molecule has 1 aromatic heterocycles. The number of nitro groups is 1. The van der Waals surface area contributed by atoms with Crippen LogP contribution in [0.1, 0.15) is 5.56 Å². The molecule has 0 aliphatic carbocycles. The number of nitro benzene ring substituents is 1. The van der Waals surface area contributed by atoms with Gasteiger partial charge in [0.2, 0.25) is 0 Å². The van der Waals surface area contributed by atoms with Crippen LogP contribution in [0.3, 0.4) is 0 Å². The molecule has 7 nitrogen and oxygen atoms in total. The molecule has 27 heavy (non-hydrogen) atoms. The van der Waals surface area contributed by atoms with Gasteiger partial charge in [-0.2, -0.15) is 0 Å². The van der Waals surface area contributed by atoms with Crippen LogP contribution in [0.2, 0.25) is 0 Å². The highest BCUT2D eigenvalue weighted by Gasteiger charge is 2.25. The maximum atomic E-state index is 11.8. The topological polar surface area (TPSA) is 102 Å². The fraction of sp³-hybridized carbons (Fsp3) is 0.105. The number of nitrogens with zero attached hydrogens (tertiary/aromatic N) is 2. The number of pyridine rings is 1. The van der Waals surface area contributed by atoms with E-state index in [-0.39, 0.29) is 10.6 Å². The zero-order chi connectivity index (χ0) is 19.4. The van der Waals surface area contributed by atoms with Gasteiger partial charge in [0, 0.05) is 25.2 Å². The number of rotatable bonds is 6. The zero-order valence-electron chi connectivity index (χ0n) is 14.5. The van der Waals surface area contributed by atoms with Crippen molar-refractivity contribution >= 4 is 21.2 Å². The molecule has 0 atom stereocenters. The fourth-order valence-electron chi connectivity index (χ4n) is 2.70. The van der Waals surface area contributed by atoms with Crippen LogP contribution >= 0.6 is 0 Å². The second-order valence-corrected chi connectivity index (χ2v) is 7.96. The van der Waals surface area contributed by atoms with E-state index in [1.165, 1.54) is 18.2 Å². The van der Waals surface area contributed by atoms with E-state index in [4.69, 9.17) is 0 Å². The van der Waals surface area contributed by atoms with Crippen molar-refractivity contribution in [1.29, 1.82) is 0 Å². The predicted molar refractivity (Wildman–Crippen MR) is 103 cm³/mol. The summed E-state index contributed by atoms with van der Waals surface area (Å²) in [7, 11) is -3.71. The highest BCUT2D eigenvalue weighted by molar-refractivity contribution is 7.90. The lowest BCUT2D eigenvalue weighted by atomic mass is 10.1. The summed E-state index contributed by atoms with van der Waals surface area (Å²) in [5, 5.41) is 14.4. The van der Waals surface area contributed by atoms with E-state index < -0.39 is 20.4 Å². The molecule has 3 aromatic rings. The maximum Gasteiger partial charge on any atom is 0.310 e. The quantitative estimate of drug-likeness (QED) is 0.515. The summed E-state index contributed by atoms with van der Waals surface area (Å²) in [4.78, 5) is 14.5. The third kappa shape index (κ3) is 4.29. The summed E-state index contributed by atoms with van der Waals surface area (Å²) in [5.41, 5.74) is 2.64. The monoisotopic (exact) mass is 383 g/mol. The molecular weight excluding hydrogens is 366 g/mol. The van der Waals surface area contributed by atoms with Gasteiger partial charge in [-0.3, -0.25) is 15.1 Å². The minimum Gasteiger partial charge on any atom is -0.375 e. The third-order valence-corrected chi connectivity index (χ3v) is 5.14. The van der Waals surface area contributed by atoms with Gasteiger partial charge in [-0.1, -0.05) is 36.4 Å². The molecule has 0 unspecified atom stereocenters. The van der Waals surface area contributed by atoms with Crippen LogP contribution in [0.15, 0.2) is 71.9 Å². The molecule has 8 heteroatoms. The maximum absolute atomic E-state index is 11.8. The number of hydrogen-bond donors (Lipinski definition) is 1. The normalized spacial score (nSPS) is 11.1. The molecule has 0 amide bonds. The first-order valence-corrected chi connectivity index (χ1v) is 9.96. The second kappa shape index (κ2) is 7.55. The first kappa shape index (κ1) is 18.5. The summed E-state index contributed by atoms with van der Waals surface area (Å²) in [5.74, 6) is 0. The molecule has 0 radical (unpaired) electrons. The summed E-state index contributed by atoms with van der Waals surface area (Å²) >= 11 is 0. The van der Waals surface area contributed by atoms with E-state index >= 15 is 0 Å². The number of benzene rings is 2. The molecule has 0 aliphatic heterocycles. The molecule has 0 fully saturated rings. The van der Waals surface area contributed by atoms with Crippen molar-refractivity contribution in [2.45, 2.75) is 11.4 Å². The van der Waals surface area contributed by atoms with E-state index in [9.17, 15) is 18.5 Å². The van der Waals surface area contributed by atoms with Gasteiger partial charge in [-0.15, -0.1) is 0 Å². The number of aromatic nitrogens is 1. The van der Waals surface area contributed by atoms with Crippen LogP contribution in [-0.2, 0) is 16.4 Å². The van der Waals surface area contributed by atoms with Crippen molar-refractivity contribution < 1.29 is 13.3 Å². The van der Waals surface area contributed by atoms with Gasteiger partial charge < -0.3 is 5.32 Å². The Morgan fingerprint density at radius 2 is 1.78 bits per heavy atom. The minimum absolute atomic E-state index is 0.166. The van der Waals surface area contributed by atoms with Crippen molar-refractivity contribution in [1.82, 2.24) is 4.98 Å². The summed E-state index contributed by atoms with van der Waals surface area (Å²) < 4.78 is 23.6. The van der Waals surface area contributed by atoms with Crippen molar-refractivity contribution in [2.75, 3.05) is 11.6 Å². The van der Waals surface area contributed by atoms with E-state index in [1.807, 2.05) is 36.4 Å². The number of sulfone groups is 1. The smallest absolute Gasteiger partial charge is 0.310 e. The predicted octanol–water partition coefficient (Wildman–Crippen LogP) is 3.67. The average molecular weight is 383 g/mol. The number of anilines is 1. The Balaban J connectivity index is 1.82. The number of para-hydroxylation sites is 1. The number of nitrogens with one attached hydrogen (secondary N) is 1. The average Bonchev–Trinajstić information content (AvgIpc) is 2.66. The molecule has 138 valence electrons. The molecule has 1 N–H and O–H groups in total. The molecule has 2 aromatic carbocycles. The Kier molecular flexibility index (Phi) is 5.18. The number of hydrogen-bond acceptors (Lipinski definition) is 6. The molecule has 0 saturated heterocycles. The van der Waals surface area contributed by atoms with Crippen LogP contribution in [-0.4, -0.2) is 24.6 Å². The first-order chi connectivity index (χ1) is 12.9. The molecule has 0 spiro atoms. The summed E-state index contributed by atoms with van der Waals surface area (Å²) in [6.45, 7) is 0.321.